The van der Waals surface area contributed by atoms with E-state index in [1.54, 1.807) is 0 Å². The number of fused-ring (bicyclic) bond motifs is 1. The van der Waals surface area contributed by atoms with Crippen LogP contribution in [0.2, 0.25) is 0 Å². The SMILES string of the molecule is CC1CCCn2cc(C3CCOCC3)nc21. The number of aryl methyl sites for hydroxylation is 1. The summed E-state index contributed by atoms with van der Waals surface area (Å²) in [5.41, 5.74) is 1.31. The maximum absolute atomic E-state index is 5.41. The minimum absolute atomic E-state index is 0.638. The van der Waals surface area contributed by atoms with Gasteiger partial charge in [-0.2, -0.15) is 0 Å². The predicted octanol–water partition coefficient (Wildman–Crippen LogP) is 2.67. The minimum Gasteiger partial charge on any atom is -0.381 e. The molecule has 0 spiro atoms. The molecule has 1 unspecified atom stereocenters. The van der Waals surface area contributed by atoms with E-state index < -0.39 is 0 Å². The summed E-state index contributed by atoms with van der Waals surface area (Å²) >= 11 is 0. The second-order valence-electron chi connectivity index (χ2n) is 5.15. The molecule has 0 aliphatic carbocycles. The van der Waals surface area contributed by atoms with Crippen molar-refractivity contribution in [1.29, 1.82) is 0 Å². The van der Waals surface area contributed by atoms with Crippen LogP contribution < -0.4 is 0 Å². The van der Waals surface area contributed by atoms with Crippen LogP contribution in [0.3, 0.4) is 0 Å². The van der Waals surface area contributed by atoms with Crippen LogP contribution in [0.4, 0.5) is 0 Å². The lowest BCUT2D eigenvalue weighted by Gasteiger charge is -2.20. The van der Waals surface area contributed by atoms with Gasteiger partial charge in [0.05, 0.1) is 5.69 Å². The number of rotatable bonds is 1. The maximum atomic E-state index is 5.41. The Kier molecular flexibility index (Phi) is 2.72. The van der Waals surface area contributed by atoms with Crippen LogP contribution in [-0.4, -0.2) is 22.8 Å². The first-order valence-electron chi connectivity index (χ1n) is 6.49. The van der Waals surface area contributed by atoms with Crippen molar-refractivity contribution in [2.45, 2.75) is 51.0 Å². The van der Waals surface area contributed by atoms with Gasteiger partial charge in [-0.1, -0.05) is 6.92 Å². The van der Waals surface area contributed by atoms with Gasteiger partial charge < -0.3 is 9.30 Å². The molecule has 0 amide bonds. The van der Waals surface area contributed by atoms with Gasteiger partial charge in [0, 0.05) is 37.8 Å². The summed E-state index contributed by atoms with van der Waals surface area (Å²) in [4.78, 5) is 4.86. The second-order valence-corrected chi connectivity index (χ2v) is 5.15. The van der Waals surface area contributed by atoms with Crippen molar-refractivity contribution < 1.29 is 4.74 Å². The highest BCUT2D eigenvalue weighted by Gasteiger charge is 2.24. The molecule has 0 aromatic carbocycles. The van der Waals surface area contributed by atoms with Gasteiger partial charge in [0.2, 0.25) is 0 Å². The molecule has 0 N–H and O–H groups in total. The molecular formula is C13H20N2O. The van der Waals surface area contributed by atoms with Crippen LogP contribution in [0.15, 0.2) is 6.20 Å². The third-order valence-corrected chi connectivity index (χ3v) is 3.94. The summed E-state index contributed by atoms with van der Waals surface area (Å²) in [6, 6.07) is 0. The Labute approximate surface area is 96.8 Å². The Morgan fingerprint density at radius 2 is 2.12 bits per heavy atom. The van der Waals surface area contributed by atoms with E-state index in [2.05, 4.69) is 17.7 Å². The van der Waals surface area contributed by atoms with Crippen LogP contribution in [0.25, 0.3) is 0 Å². The van der Waals surface area contributed by atoms with Gasteiger partial charge in [-0.15, -0.1) is 0 Å². The lowest BCUT2D eigenvalue weighted by Crippen LogP contribution is -2.14. The van der Waals surface area contributed by atoms with E-state index in [1.807, 2.05) is 0 Å². The zero-order chi connectivity index (χ0) is 11.0. The standard InChI is InChI=1S/C13H20N2O/c1-10-3-2-6-15-9-12(14-13(10)15)11-4-7-16-8-5-11/h9-11H,2-8H2,1H3. The van der Waals surface area contributed by atoms with Crippen molar-refractivity contribution in [3.8, 4) is 0 Å². The fraction of sp³-hybridized carbons (Fsp3) is 0.769. The van der Waals surface area contributed by atoms with Crippen LogP contribution >= 0.6 is 0 Å². The van der Waals surface area contributed by atoms with Gasteiger partial charge in [0.1, 0.15) is 5.82 Å². The van der Waals surface area contributed by atoms with E-state index in [4.69, 9.17) is 9.72 Å². The highest BCUT2D eigenvalue weighted by molar-refractivity contribution is 5.14. The van der Waals surface area contributed by atoms with E-state index in [0.717, 1.165) is 32.6 Å². The number of nitrogens with zero attached hydrogens (tertiary/aromatic N) is 2. The van der Waals surface area contributed by atoms with Crippen molar-refractivity contribution in [2.24, 2.45) is 0 Å². The summed E-state index contributed by atoms with van der Waals surface area (Å²) in [5.74, 6) is 2.59. The van der Waals surface area contributed by atoms with Crippen molar-refractivity contribution >= 4 is 0 Å². The summed E-state index contributed by atoms with van der Waals surface area (Å²) in [7, 11) is 0. The quantitative estimate of drug-likeness (QED) is 0.727. The van der Waals surface area contributed by atoms with E-state index in [1.165, 1.54) is 24.4 Å². The fourth-order valence-electron chi connectivity index (χ4n) is 2.91. The molecule has 3 rings (SSSR count). The number of hydrogen-bond acceptors (Lipinski definition) is 2. The third kappa shape index (κ3) is 1.77. The van der Waals surface area contributed by atoms with Crippen LogP contribution in [-0.2, 0) is 11.3 Å². The Morgan fingerprint density at radius 1 is 1.31 bits per heavy atom. The number of imidazole rings is 1. The van der Waals surface area contributed by atoms with E-state index >= 15 is 0 Å². The van der Waals surface area contributed by atoms with E-state index in [0.29, 0.717) is 11.8 Å². The van der Waals surface area contributed by atoms with Gasteiger partial charge in [-0.3, -0.25) is 0 Å². The zero-order valence-corrected chi connectivity index (χ0v) is 9.98. The predicted molar refractivity (Wildman–Crippen MR) is 62.7 cm³/mol. The van der Waals surface area contributed by atoms with Crippen molar-refractivity contribution in [3.63, 3.8) is 0 Å². The molecule has 88 valence electrons. The normalized spacial score (nSPS) is 26.7. The highest BCUT2D eigenvalue weighted by Crippen LogP contribution is 2.31. The topological polar surface area (TPSA) is 27.1 Å². The van der Waals surface area contributed by atoms with Gasteiger partial charge in [0.15, 0.2) is 0 Å². The molecule has 0 radical (unpaired) electrons. The van der Waals surface area contributed by atoms with E-state index in [-0.39, 0.29) is 0 Å². The molecule has 3 heterocycles. The lowest BCUT2D eigenvalue weighted by molar-refractivity contribution is 0.0845. The fourth-order valence-corrected chi connectivity index (χ4v) is 2.91. The Hall–Kier alpha value is -0.830. The van der Waals surface area contributed by atoms with Gasteiger partial charge >= 0.3 is 0 Å². The Bertz CT molecular complexity index is 366. The van der Waals surface area contributed by atoms with Crippen molar-refractivity contribution in [2.75, 3.05) is 13.2 Å². The second kappa shape index (κ2) is 4.21. The molecule has 1 aromatic heterocycles. The summed E-state index contributed by atoms with van der Waals surface area (Å²) in [6.45, 7) is 5.27. The summed E-state index contributed by atoms with van der Waals surface area (Å²) in [6.07, 6.45) is 7.18. The lowest BCUT2D eigenvalue weighted by atomic mass is 9.97. The highest BCUT2D eigenvalue weighted by atomic mass is 16.5. The molecule has 3 heteroatoms. The van der Waals surface area contributed by atoms with Crippen LogP contribution in [0.1, 0.15) is 56.0 Å². The van der Waals surface area contributed by atoms with Crippen LogP contribution in [0.5, 0.6) is 0 Å². The monoisotopic (exact) mass is 220 g/mol. The molecule has 2 aliphatic rings. The third-order valence-electron chi connectivity index (χ3n) is 3.94. The molecular weight excluding hydrogens is 200 g/mol. The zero-order valence-electron chi connectivity index (χ0n) is 9.98. The molecule has 2 aliphatic heterocycles. The van der Waals surface area contributed by atoms with Gasteiger partial charge in [-0.25, -0.2) is 4.98 Å². The molecule has 16 heavy (non-hydrogen) atoms. The first-order valence-corrected chi connectivity index (χ1v) is 6.49. The molecule has 1 fully saturated rings. The Balaban J connectivity index is 1.85. The first kappa shape index (κ1) is 10.3. The maximum Gasteiger partial charge on any atom is 0.111 e. The van der Waals surface area contributed by atoms with Crippen molar-refractivity contribution in [1.82, 2.24) is 9.55 Å². The Morgan fingerprint density at radius 3 is 2.88 bits per heavy atom. The minimum atomic E-state index is 0.638. The smallest absolute Gasteiger partial charge is 0.111 e. The number of ether oxygens (including phenoxy) is 1. The average molecular weight is 220 g/mol. The number of hydrogen-bond donors (Lipinski definition) is 0. The molecule has 0 saturated carbocycles. The molecule has 0 bridgehead atoms. The van der Waals surface area contributed by atoms with Gasteiger partial charge in [-0.05, 0) is 25.7 Å². The van der Waals surface area contributed by atoms with E-state index in [9.17, 15) is 0 Å². The average Bonchev–Trinajstić information content (AvgIpc) is 2.76. The van der Waals surface area contributed by atoms with Crippen molar-refractivity contribution in [3.05, 3.63) is 17.7 Å². The first-order chi connectivity index (χ1) is 7.84. The summed E-state index contributed by atoms with van der Waals surface area (Å²) in [5, 5.41) is 0. The molecule has 3 nitrogen and oxygen atoms in total. The molecule has 1 saturated heterocycles. The molecule has 1 atom stereocenters. The van der Waals surface area contributed by atoms with Gasteiger partial charge in [0.25, 0.3) is 0 Å². The summed E-state index contributed by atoms with van der Waals surface area (Å²) < 4.78 is 7.78. The number of aromatic nitrogens is 2. The van der Waals surface area contributed by atoms with Crippen LogP contribution in [0, 0.1) is 0 Å². The molecule has 1 aromatic rings. The largest absolute Gasteiger partial charge is 0.381 e.